The number of sulfone groups is 1. The molecule has 2 aliphatic carbocycles. The number of carboxylic acid groups (broad SMARTS) is 1. The summed E-state index contributed by atoms with van der Waals surface area (Å²) in [5.41, 5.74) is 7.65. The standard InChI is InChI=1S/C29H30INO6S/c1-16-10-23(36-8-5-9-38(3,34)35)28(30)17(2)25(16)19-7-4-6-18(11-19)15-37-24-13-20-12-21-26(22(20)14-31-24)27(21)29(32)33/h4,6-7,10-11,13-14,21,26-27H,5,8-9,12,15H2,1-3H3,(H,32,33). The third kappa shape index (κ3) is 5.54. The first-order valence-electron chi connectivity index (χ1n) is 12.6. The summed E-state index contributed by atoms with van der Waals surface area (Å²) in [6.45, 7) is 4.86. The average Bonchev–Trinajstić information content (AvgIpc) is 3.45. The number of aromatic nitrogens is 1. The van der Waals surface area contributed by atoms with Crippen LogP contribution in [0.5, 0.6) is 11.6 Å². The summed E-state index contributed by atoms with van der Waals surface area (Å²) in [6.07, 6.45) is 4.26. The lowest BCUT2D eigenvalue weighted by Crippen LogP contribution is -2.09. The van der Waals surface area contributed by atoms with Crippen LogP contribution in [0.2, 0.25) is 0 Å². The number of hydrogen-bond acceptors (Lipinski definition) is 6. The Kier molecular flexibility index (Phi) is 7.43. The third-order valence-corrected chi connectivity index (χ3v) is 9.82. The lowest BCUT2D eigenvalue weighted by Gasteiger charge is -2.17. The highest BCUT2D eigenvalue weighted by molar-refractivity contribution is 14.1. The molecule has 1 saturated carbocycles. The molecule has 0 bridgehead atoms. The quantitative estimate of drug-likeness (QED) is 0.235. The molecule has 7 nitrogen and oxygen atoms in total. The van der Waals surface area contributed by atoms with Crippen molar-refractivity contribution < 1.29 is 27.8 Å². The molecule has 1 heterocycles. The molecule has 38 heavy (non-hydrogen) atoms. The number of carbonyl (C=O) groups is 1. The third-order valence-electron chi connectivity index (χ3n) is 7.45. The summed E-state index contributed by atoms with van der Waals surface area (Å²) in [4.78, 5) is 15.8. The number of halogens is 1. The lowest BCUT2D eigenvalue weighted by atomic mass is 9.94. The second-order valence-corrected chi connectivity index (χ2v) is 13.6. The van der Waals surface area contributed by atoms with Gasteiger partial charge in [0.05, 0.1) is 21.8 Å². The number of aliphatic carboxylic acids is 1. The van der Waals surface area contributed by atoms with Gasteiger partial charge in [0.15, 0.2) is 0 Å². The molecule has 1 aromatic heterocycles. The molecule has 3 atom stereocenters. The number of nitrogens with zero attached hydrogens (tertiary/aromatic N) is 1. The lowest BCUT2D eigenvalue weighted by molar-refractivity contribution is -0.139. The van der Waals surface area contributed by atoms with Crippen LogP contribution in [0, 0.1) is 29.3 Å². The monoisotopic (exact) mass is 647 g/mol. The number of rotatable bonds is 10. The van der Waals surface area contributed by atoms with Crippen LogP contribution in [0.1, 0.15) is 40.2 Å². The van der Waals surface area contributed by atoms with E-state index >= 15 is 0 Å². The maximum absolute atomic E-state index is 11.4. The van der Waals surface area contributed by atoms with E-state index in [0.717, 1.165) is 54.7 Å². The van der Waals surface area contributed by atoms with Crippen molar-refractivity contribution >= 4 is 38.4 Å². The fourth-order valence-corrected chi connectivity index (χ4v) is 6.86. The maximum Gasteiger partial charge on any atom is 0.307 e. The van der Waals surface area contributed by atoms with Gasteiger partial charge in [-0.2, -0.15) is 0 Å². The van der Waals surface area contributed by atoms with E-state index in [9.17, 15) is 18.3 Å². The minimum Gasteiger partial charge on any atom is -0.492 e. The Hall–Kier alpha value is -2.66. The molecule has 0 amide bonds. The van der Waals surface area contributed by atoms with Crippen LogP contribution in [0.3, 0.4) is 0 Å². The molecule has 9 heteroatoms. The highest BCUT2D eigenvalue weighted by Gasteiger charge is 2.59. The summed E-state index contributed by atoms with van der Waals surface area (Å²) in [5, 5.41) is 9.32. The van der Waals surface area contributed by atoms with Crippen LogP contribution in [0.25, 0.3) is 11.1 Å². The van der Waals surface area contributed by atoms with E-state index in [1.807, 2.05) is 24.3 Å². The van der Waals surface area contributed by atoms with Gasteiger partial charge < -0.3 is 14.6 Å². The normalized spacial score (nSPS) is 19.5. The van der Waals surface area contributed by atoms with Gasteiger partial charge in [0.25, 0.3) is 0 Å². The van der Waals surface area contributed by atoms with E-state index in [2.05, 4.69) is 53.6 Å². The van der Waals surface area contributed by atoms with E-state index in [4.69, 9.17) is 9.47 Å². The first-order valence-corrected chi connectivity index (χ1v) is 15.7. The molecule has 3 aromatic rings. The largest absolute Gasteiger partial charge is 0.492 e. The maximum atomic E-state index is 11.4. The molecular formula is C29H30INO6S. The fourth-order valence-electron chi connectivity index (χ4n) is 5.63. The minimum absolute atomic E-state index is 0.110. The summed E-state index contributed by atoms with van der Waals surface area (Å²) in [6, 6.07) is 12.2. The molecule has 0 saturated heterocycles. The average molecular weight is 648 g/mol. The van der Waals surface area contributed by atoms with Crippen molar-refractivity contribution in [3.63, 3.8) is 0 Å². The molecule has 1 fully saturated rings. The zero-order valence-corrected chi connectivity index (χ0v) is 24.5. The summed E-state index contributed by atoms with van der Waals surface area (Å²) in [7, 11) is -3.00. The first-order chi connectivity index (χ1) is 18.0. The molecule has 5 rings (SSSR count). The zero-order valence-electron chi connectivity index (χ0n) is 21.5. The van der Waals surface area contributed by atoms with Crippen LogP contribution in [-0.2, 0) is 27.7 Å². The summed E-state index contributed by atoms with van der Waals surface area (Å²) in [5.74, 6) is 0.789. The molecule has 2 aliphatic rings. The second kappa shape index (κ2) is 10.5. The summed E-state index contributed by atoms with van der Waals surface area (Å²) >= 11 is 2.29. The Morgan fingerprint density at radius 3 is 2.71 bits per heavy atom. The number of pyridine rings is 1. The van der Waals surface area contributed by atoms with Crippen LogP contribution in [0.4, 0.5) is 0 Å². The number of carboxylic acids is 1. The molecule has 1 N–H and O–H groups in total. The van der Waals surface area contributed by atoms with Crippen LogP contribution in [0.15, 0.2) is 42.6 Å². The Morgan fingerprint density at radius 2 is 1.97 bits per heavy atom. The van der Waals surface area contributed by atoms with Gasteiger partial charge in [-0.25, -0.2) is 13.4 Å². The first kappa shape index (κ1) is 26.9. The van der Waals surface area contributed by atoms with Gasteiger partial charge in [0, 0.05) is 24.4 Å². The number of fused-ring (bicyclic) bond motifs is 3. The van der Waals surface area contributed by atoms with Gasteiger partial charge in [0.1, 0.15) is 22.2 Å². The van der Waals surface area contributed by atoms with Gasteiger partial charge in [-0.1, -0.05) is 18.2 Å². The highest BCUT2D eigenvalue weighted by Crippen LogP contribution is 2.61. The number of ether oxygens (including phenoxy) is 2. The van der Waals surface area contributed by atoms with Crippen molar-refractivity contribution in [1.82, 2.24) is 4.98 Å². The molecule has 0 aliphatic heterocycles. The molecule has 200 valence electrons. The fraction of sp³-hybridized carbons (Fsp3) is 0.379. The van der Waals surface area contributed by atoms with Crippen molar-refractivity contribution in [2.75, 3.05) is 18.6 Å². The van der Waals surface area contributed by atoms with Crippen molar-refractivity contribution in [3.05, 3.63) is 74.0 Å². The van der Waals surface area contributed by atoms with E-state index in [1.54, 1.807) is 6.20 Å². The molecular weight excluding hydrogens is 617 g/mol. The minimum atomic E-state index is -3.00. The molecule has 3 unspecified atom stereocenters. The SMILES string of the molecule is Cc1cc(OCCCS(C)(=O)=O)c(I)c(C)c1-c1cccc(COc2cc3c(cn2)C2C(C3)C2C(=O)O)c1. The van der Waals surface area contributed by atoms with E-state index in [1.165, 1.54) is 6.26 Å². The predicted octanol–water partition coefficient (Wildman–Crippen LogP) is 5.33. The van der Waals surface area contributed by atoms with Crippen molar-refractivity contribution in [2.45, 2.75) is 39.2 Å². The second-order valence-electron chi connectivity index (χ2n) is 10.3. The Bertz CT molecular complexity index is 1520. The van der Waals surface area contributed by atoms with Crippen LogP contribution < -0.4 is 9.47 Å². The Balaban J connectivity index is 1.27. The molecule has 0 radical (unpaired) electrons. The topological polar surface area (TPSA) is 103 Å². The van der Waals surface area contributed by atoms with Gasteiger partial charge >= 0.3 is 5.97 Å². The Morgan fingerprint density at radius 1 is 1.18 bits per heavy atom. The van der Waals surface area contributed by atoms with Crippen molar-refractivity contribution in [2.24, 2.45) is 11.8 Å². The number of aryl methyl sites for hydroxylation is 1. The smallest absolute Gasteiger partial charge is 0.307 e. The van der Waals surface area contributed by atoms with Crippen LogP contribution >= 0.6 is 22.6 Å². The zero-order chi connectivity index (χ0) is 27.2. The molecule has 2 aromatic carbocycles. The number of hydrogen-bond donors (Lipinski definition) is 1. The summed E-state index contributed by atoms with van der Waals surface area (Å²) < 4.78 is 35.7. The van der Waals surface area contributed by atoms with Gasteiger partial charge in [-0.05, 0) is 106 Å². The predicted molar refractivity (Wildman–Crippen MR) is 154 cm³/mol. The van der Waals surface area contributed by atoms with E-state index < -0.39 is 15.8 Å². The van der Waals surface area contributed by atoms with Gasteiger partial charge in [-0.3, -0.25) is 4.79 Å². The van der Waals surface area contributed by atoms with Crippen molar-refractivity contribution in [3.8, 4) is 22.8 Å². The van der Waals surface area contributed by atoms with Crippen LogP contribution in [-0.4, -0.2) is 43.1 Å². The van der Waals surface area contributed by atoms with E-state index in [0.29, 0.717) is 25.5 Å². The van der Waals surface area contributed by atoms with Crippen molar-refractivity contribution in [1.29, 1.82) is 0 Å². The molecule has 0 spiro atoms. The van der Waals surface area contributed by atoms with E-state index in [-0.39, 0.29) is 23.5 Å². The van der Waals surface area contributed by atoms with Gasteiger partial charge in [0.2, 0.25) is 5.88 Å². The highest BCUT2D eigenvalue weighted by atomic mass is 127. The number of benzene rings is 2. The Labute approximate surface area is 236 Å². The van der Waals surface area contributed by atoms with Gasteiger partial charge in [-0.15, -0.1) is 0 Å².